The Morgan fingerprint density at radius 3 is 2.85 bits per heavy atom. The van der Waals surface area contributed by atoms with Gasteiger partial charge in [-0.15, -0.1) is 0 Å². The van der Waals surface area contributed by atoms with Crippen LogP contribution < -0.4 is 0 Å². The molecule has 1 atom stereocenters. The average Bonchev–Trinajstić information content (AvgIpc) is 2.85. The second kappa shape index (κ2) is 5.16. The number of aromatic amines is 1. The van der Waals surface area contributed by atoms with Crippen molar-refractivity contribution in [2.75, 3.05) is 13.6 Å². The minimum absolute atomic E-state index is 0.159. The second-order valence-corrected chi connectivity index (χ2v) is 5.31. The number of hydrogen-bond acceptors (Lipinski definition) is 4. The summed E-state index contributed by atoms with van der Waals surface area (Å²) >= 11 is 5.35. The van der Waals surface area contributed by atoms with E-state index in [1.54, 1.807) is 17.3 Å². The molecule has 1 saturated heterocycles. The Morgan fingerprint density at radius 1 is 1.40 bits per heavy atom. The van der Waals surface area contributed by atoms with Crippen molar-refractivity contribution in [2.45, 2.75) is 18.9 Å². The summed E-state index contributed by atoms with van der Waals surface area (Å²) in [5.41, 5.74) is 0.965. The second-order valence-electron chi connectivity index (χ2n) is 4.93. The number of rotatable bonds is 2. The summed E-state index contributed by atoms with van der Waals surface area (Å²) in [5, 5.41) is 7.17. The molecule has 1 fully saturated rings. The summed E-state index contributed by atoms with van der Waals surface area (Å²) in [5.74, 6) is 0.979. The van der Waals surface area contributed by atoms with Gasteiger partial charge < -0.3 is 4.90 Å². The molecule has 0 radical (unpaired) electrons. The number of hydrogen-bond donors (Lipinski definition) is 1. The summed E-state index contributed by atoms with van der Waals surface area (Å²) in [6.07, 6.45) is 4.79. The lowest BCUT2D eigenvalue weighted by molar-refractivity contribution is -0.132. The molecule has 3 rings (SSSR count). The molecule has 0 aromatic carbocycles. The van der Waals surface area contributed by atoms with Crippen LogP contribution in [0.25, 0.3) is 11.4 Å². The Labute approximate surface area is 121 Å². The SMILES string of the molecule is CN1CC(n2c(-c3ccncc3)n[nH]c2=S)CCC1=O. The normalized spacial score (nSPS) is 19.4. The van der Waals surface area contributed by atoms with E-state index < -0.39 is 0 Å². The highest BCUT2D eigenvalue weighted by Crippen LogP contribution is 2.27. The third-order valence-corrected chi connectivity index (χ3v) is 3.90. The van der Waals surface area contributed by atoms with E-state index in [1.165, 1.54) is 0 Å². The van der Waals surface area contributed by atoms with Gasteiger partial charge in [-0.3, -0.25) is 19.4 Å². The molecule has 1 amide bonds. The quantitative estimate of drug-likeness (QED) is 0.856. The van der Waals surface area contributed by atoms with Crippen LogP contribution in [0.2, 0.25) is 0 Å². The highest BCUT2D eigenvalue weighted by Gasteiger charge is 2.26. The van der Waals surface area contributed by atoms with Crippen molar-refractivity contribution in [3.8, 4) is 11.4 Å². The maximum Gasteiger partial charge on any atom is 0.222 e. The lowest BCUT2D eigenvalue weighted by Crippen LogP contribution is -2.38. The molecule has 0 saturated carbocycles. The molecule has 0 aliphatic carbocycles. The molecule has 104 valence electrons. The van der Waals surface area contributed by atoms with Gasteiger partial charge in [0.1, 0.15) is 0 Å². The summed E-state index contributed by atoms with van der Waals surface area (Å²) in [7, 11) is 1.82. The van der Waals surface area contributed by atoms with E-state index >= 15 is 0 Å². The number of carbonyl (C=O) groups excluding carboxylic acids is 1. The van der Waals surface area contributed by atoms with Gasteiger partial charge in [0.15, 0.2) is 10.6 Å². The van der Waals surface area contributed by atoms with E-state index in [1.807, 2.05) is 23.7 Å². The van der Waals surface area contributed by atoms with Gasteiger partial charge in [0.2, 0.25) is 5.91 Å². The zero-order chi connectivity index (χ0) is 14.1. The molecule has 0 bridgehead atoms. The molecule has 3 heterocycles. The number of nitrogens with one attached hydrogen (secondary N) is 1. The number of pyridine rings is 1. The van der Waals surface area contributed by atoms with E-state index in [0.717, 1.165) is 17.8 Å². The number of piperidine rings is 1. The monoisotopic (exact) mass is 289 g/mol. The topological polar surface area (TPSA) is 66.8 Å². The van der Waals surface area contributed by atoms with Crippen LogP contribution in [-0.4, -0.2) is 44.1 Å². The Bertz CT molecular complexity index is 678. The van der Waals surface area contributed by atoms with E-state index in [9.17, 15) is 4.79 Å². The van der Waals surface area contributed by atoms with E-state index in [0.29, 0.717) is 17.7 Å². The standard InChI is InChI=1S/C13H15N5OS/c1-17-8-10(2-3-11(17)19)18-12(15-16-13(18)20)9-4-6-14-7-5-9/h4-7,10H,2-3,8H2,1H3,(H,16,20). The summed E-state index contributed by atoms with van der Waals surface area (Å²) in [6.45, 7) is 0.657. The summed E-state index contributed by atoms with van der Waals surface area (Å²) in [6, 6.07) is 3.96. The summed E-state index contributed by atoms with van der Waals surface area (Å²) < 4.78 is 2.60. The van der Waals surface area contributed by atoms with Crippen LogP contribution in [-0.2, 0) is 4.79 Å². The molecule has 1 aliphatic rings. The number of H-pyrrole nitrogens is 1. The maximum absolute atomic E-state index is 11.6. The maximum atomic E-state index is 11.6. The first-order valence-electron chi connectivity index (χ1n) is 6.48. The Hall–Kier alpha value is -2.02. The number of nitrogens with zero attached hydrogens (tertiary/aromatic N) is 4. The minimum atomic E-state index is 0.159. The fraction of sp³-hybridized carbons (Fsp3) is 0.385. The Balaban J connectivity index is 2.00. The molecule has 2 aromatic heterocycles. The van der Waals surface area contributed by atoms with Crippen LogP contribution in [0.5, 0.6) is 0 Å². The molecule has 1 unspecified atom stereocenters. The first-order chi connectivity index (χ1) is 9.66. The first kappa shape index (κ1) is 13.0. The number of likely N-dealkylation sites (N-methyl/N-ethyl adjacent to an activating group) is 1. The molecule has 2 aromatic rings. The van der Waals surface area contributed by atoms with Gasteiger partial charge in [-0.05, 0) is 30.8 Å². The van der Waals surface area contributed by atoms with Crippen molar-refractivity contribution >= 4 is 18.1 Å². The predicted octanol–water partition coefficient (Wildman–Crippen LogP) is 1.80. The molecule has 1 aliphatic heterocycles. The smallest absolute Gasteiger partial charge is 0.222 e. The van der Waals surface area contributed by atoms with Crippen LogP contribution in [0.15, 0.2) is 24.5 Å². The number of carbonyl (C=O) groups is 1. The zero-order valence-electron chi connectivity index (χ0n) is 11.1. The van der Waals surface area contributed by atoms with Gasteiger partial charge in [0, 0.05) is 38.0 Å². The lowest BCUT2D eigenvalue weighted by atomic mass is 10.1. The third-order valence-electron chi connectivity index (χ3n) is 3.61. The highest BCUT2D eigenvalue weighted by atomic mass is 32.1. The Kier molecular flexibility index (Phi) is 3.35. The highest BCUT2D eigenvalue weighted by molar-refractivity contribution is 7.71. The molecular weight excluding hydrogens is 274 g/mol. The molecular formula is C13H15N5OS. The molecule has 6 nitrogen and oxygen atoms in total. The van der Waals surface area contributed by atoms with Crippen molar-refractivity contribution < 1.29 is 4.79 Å². The van der Waals surface area contributed by atoms with Crippen molar-refractivity contribution in [3.05, 3.63) is 29.3 Å². The van der Waals surface area contributed by atoms with Gasteiger partial charge >= 0.3 is 0 Å². The van der Waals surface area contributed by atoms with E-state index in [4.69, 9.17) is 12.2 Å². The van der Waals surface area contributed by atoms with E-state index in [2.05, 4.69) is 15.2 Å². The van der Waals surface area contributed by atoms with Crippen molar-refractivity contribution in [2.24, 2.45) is 0 Å². The van der Waals surface area contributed by atoms with Gasteiger partial charge in [-0.1, -0.05) is 0 Å². The Morgan fingerprint density at radius 2 is 2.15 bits per heavy atom. The number of aromatic nitrogens is 4. The number of likely N-dealkylation sites (tertiary alicyclic amines) is 1. The lowest BCUT2D eigenvalue weighted by Gasteiger charge is -2.30. The average molecular weight is 289 g/mol. The van der Waals surface area contributed by atoms with Gasteiger partial charge in [0.25, 0.3) is 0 Å². The fourth-order valence-electron chi connectivity index (χ4n) is 2.55. The minimum Gasteiger partial charge on any atom is -0.344 e. The van der Waals surface area contributed by atoms with Crippen molar-refractivity contribution in [1.29, 1.82) is 0 Å². The van der Waals surface area contributed by atoms with Crippen LogP contribution in [0.4, 0.5) is 0 Å². The molecule has 1 N–H and O–H groups in total. The number of amides is 1. The van der Waals surface area contributed by atoms with Gasteiger partial charge in [-0.25, -0.2) is 0 Å². The van der Waals surface area contributed by atoms with Gasteiger partial charge in [0.05, 0.1) is 6.04 Å². The molecule has 7 heteroatoms. The predicted molar refractivity (Wildman–Crippen MR) is 76.6 cm³/mol. The van der Waals surface area contributed by atoms with Crippen molar-refractivity contribution in [1.82, 2.24) is 24.6 Å². The molecule has 20 heavy (non-hydrogen) atoms. The van der Waals surface area contributed by atoms with Crippen LogP contribution >= 0.6 is 12.2 Å². The largest absolute Gasteiger partial charge is 0.344 e. The van der Waals surface area contributed by atoms with Crippen LogP contribution in [0.1, 0.15) is 18.9 Å². The van der Waals surface area contributed by atoms with Gasteiger partial charge in [-0.2, -0.15) is 5.10 Å². The first-order valence-corrected chi connectivity index (χ1v) is 6.89. The van der Waals surface area contributed by atoms with Crippen molar-refractivity contribution in [3.63, 3.8) is 0 Å². The summed E-state index contributed by atoms with van der Waals surface area (Å²) in [4.78, 5) is 17.4. The van der Waals surface area contributed by atoms with E-state index in [-0.39, 0.29) is 11.9 Å². The van der Waals surface area contributed by atoms with Crippen LogP contribution in [0.3, 0.4) is 0 Å². The van der Waals surface area contributed by atoms with Crippen LogP contribution in [0, 0.1) is 4.77 Å². The third kappa shape index (κ3) is 2.24. The fourth-order valence-corrected chi connectivity index (χ4v) is 2.83. The molecule has 0 spiro atoms. The zero-order valence-corrected chi connectivity index (χ0v) is 11.9.